The van der Waals surface area contributed by atoms with Crippen LogP contribution >= 0.6 is 11.6 Å². The van der Waals surface area contributed by atoms with Crippen LogP contribution in [0.15, 0.2) is 77.8 Å². The molecule has 0 aliphatic carbocycles. The predicted octanol–water partition coefficient (Wildman–Crippen LogP) is 7.20. The lowest BCUT2D eigenvalue weighted by Crippen LogP contribution is -2.05. The van der Waals surface area contributed by atoms with Gasteiger partial charge in [-0.3, -0.25) is 4.99 Å². The van der Waals surface area contributed by atoms with Gasteiger partial charge in [0.15, 0.2) is 0 Å². The Morgan fingerprint density at radius 3 is 2.14 bits per heavy atom. The van der Waals surface area contributed by atoms with Crippen LogP contribution in [0.1, 0.15) is 48.9 Å². The van der Waals surface area contributed by atoms with Gasteiger partial charge in [-0.2, -0.15) is 5.26 Å². The lowest BCUT2D eigenvalue weighted by Gasteiger charge is -2.12. The average molecular weight is 399 g/mol. The first-order valence-electron chi connectivity index (χ1n) is 9.98. The van der Waals surface area contributed by atoms with E-state index < -0.39 is 0 Å². The largest absolute Gasteiger partial charge is 0.280 e. The Labute approximate surface area is 177 Å². The summed E-state index contributed by atoms with van der Waals surface area (Å²) in [5.74, 6) is 0.360. The second-order valence-corrected chi connectivity index (χ2v) is 8.25. The maximum absolute atomic E-state index is 9.68. The number of halogens is 1. The molecule has 1 aliphatic rings. The van der Waals surface area contributed by atoms with Gasteiger partial charge in [-0.05, 0) is 34.2 Å². The highest BCUT2D eigenvalue weighted by molar-refractivity contribution is 6.34. The van der Waals surface area contributed by atoms with E-state index in [2.05, 4.69) is 68.4 Å². The second kappa shape index (κ2) is 8.23. The first-order valence-corrected chi connectivity index (χ1v) is 10.4. The summed E-state index contributed by atoms with van der Waals surface area (Å²) in [4.78, 5) is 4.88. The summed E-state index contributed by atoms with van der Waals surface area (Å²) < 4.78 is 0. The molecule has 1 heterocycles. The van der Waals surface area contributed by atoms with Crippen molar-refractivity contribution >= 4 is 17.3 Å². The molecule has 2 nitrogen and oxygen atoms in total. The van der Waals surface area contributed by atoms with Gasteiger partial charge in [-0.1, -0.05) is 92.2 Å². The zero-order valence-electron chi connectivity index (χ0n) is 16.6. The number of hydrogen-bond acceptors (Lipinski definition) is 2. The van der Waals surface area contributed by atoms with E-state index in [9.17, 15) is 5.26 Å². The summed E-state index contributed by atoms with van der Waals surface area (Å²) >= 11 is 6.34. The Kier molecular flexibility index (Phi) is 5.51. The van der Waals surface area contributed by atoms with E-state index in [1.165, 1.54) is 16.7 Å². The quantitative estimate of drug-likeness (QED) is 0.457. The molecule has 0 amide bonds. The first kappa shape index (κ1) is 19.4. The van der Waals surface area contributed by atoms with Gasteiger partial charge in [0, 0.05) is 22.7 Å². The molecular formula is C26H23ClN2. The maximum atomic E-state index is 9.68. The second-order valence-electron chi connectivity index (χ2n) is 7.84. The van der Waals surface area contributed by atoms with Crippen LogP contribution in [-0.2, 0) is 0 Å². The van der Waals surface area contributed by atoms with Gasteiger partial charge in [0.2, 0.25) is 0 Å². The van der Waals surface area contributed by atoms with Crippen LogP contribution in [-0.4, -0.2) is 5.71 Å². The third-order valence-corrected chi connectivity index (χ3v) is 5.93. The molecule has 2 atom stereocenters. The van der Waals surface area contributed by atoms with Gasteiger partial charge >= 0.3 is 0 Å². The summed E-state index contributed by atoms with van der Waals surface area (Å²) in [6.45, 7) is 4.41. The summed E-state index contributed by atoms with van der Waals surface area (Å²) in [5.41, 5.74) is 6.63. The van der Waals surface area contributed by atoms with Crippen molar-refractivity contribution in [2.75, 3.05) is 0 Å². The Bertz CT molecular complexity index is 1070. The highest BCUT2D eigenvalue weighted by Crippen LogP contribution is 2.38. The van der Waals surface area contributed by atoms with Gasteiger partial charge < -0.3 is 0 Å². The van der Waals surface area contributed by atoms with Gasteiger partial charge in [-0.25, -0.2) is 0 Å². The molecule has 0 spiro atoms. The molecule has 0 N–H and O–H groups in total. The van der Waals surface area contributed by atoms with Crippen LogP contribution in [0.2, 0.25) is 5.02 Å². The minimum absolute atomic E-state index is 0.149. The standard InChI is InChI=1S/C26H23ClN2/c1-17(2)18-7-9-19(10-8-18)20-11-13-21(14-12-20)26-22(16-28)15-25(29-26)23-5-3-4-6-24(23)27/h3-14,17,22,26H,15H2,1-2H3/t22-,26+/m1/s1. The van der Waals surface area contributed by atoms with Crippen LogP contribution in [0, 0.1) is 17.2 Å². The summed E-state index contributed by atoms with van der Waals surface area (Å²) in [5, 5.41) is 10.4. The summed E-state index contributed by atoms with van der Waals surface area (Å²) in [6, 6.07) is 27.2. The SMILES string of the molecule is CC(C)c1ccc(-c2ccc([C@@H]3N=C(c4ccccc4Cl)C[C@@H]3C#N)cc2)cc1. The zero-order valence-corrected chi connectivity index (χ0v) is 17.4. The van der Waals surface area contributed by atoms with E-state index in [1.807, 2.05) is 24.3 Å². The molecule has 3 aromatic carbocycles. The normalized spacial score (nSPS) is 18.5. The average Bonchev–Trinajstić information content (AvgIpc) is 3.18. The minimum atomic E-state index is -0.169. The van der Waals surface area contributed by atoms with Crippen molar-refractivity contribution < 1.29 is 0 Å². The molecule has 0 aromatic heterocycles. The van der Waals surface area contributed by atoms with Crippen molar-refractivity contribution in [3.05, 3.63) is 94.5 Å². The van der Waals surface area contributed by atoms with Crippen LogP contribution in [0.25, 0.3) is 11.1 Å². The summed E-state index contributed by atoms with van der Waals surface area (Å²) in [6.07, 6.45) is 0.628. The third-order valence-electron chi connectivity index (χ3n) is 5.60. The molecule has 0 bridgehead atoms. The third kappa shape index (κ3) is 3.97. The van der Waals surface area contributed by atoms with E-state index in [0.717, 1.165) is 16.8 Å². The van der Waals surface area contributed by atoms with Crippen molar-refractivity contribution in [2.45, 2.75) is 32.2 Å². The summed E-state index contributed by atoms with van der Waals surface area (Å²) in [7, 11) is 0. The lowest BCUT2D eigenvalue weighted by molar-refractivity contribution is 0.594. The molecule has 0 unspecified atom stereocenters. The number of benzene rings is 3. The van der Waals surface area contributed by atoms with Crippen molar-refractivity contribution in [1.82, 2.24) is 0 Å². The molecule has 4 rings (SSSR count). The number of nitrogens with zero attached hydrogens (tertiary/aromatic N) is 2. The molecule has 0 radical (unpaired) electrons. The Balaban J connectivity index is 1.61. The van der Waals surface area contributed by atoms with E-state index in [0.29, 0.717) is 17.4 Å². The Morgan fingerprint density at radius 2 is 1.55 bits per heavy atom. The Morgan fingerprint density at radius 1 is 0.931 bits per heavy atom. The van der Waals surface area contributed by atoms with Gasteiger partial charge in [0.1, 0.15) is 0 Å². The molecule has 0 fully saturated rings. The van der Waals surface area contributed by atoms with E-state index in [-0.39, 0.29) is 12.0 Å². The van der Waals surface area contributed by atoms with Crippen LogP contribution < -0.4 is 0 Å². The molecule has 144 valence electrons. The molecule has 29 heavy (non-hydrogen) atoms. The number of aliphatic imine (C=N–C) groups is 1. The molecule has 0 saturated heterocycles. The predicted molar refractivity (Wildman–Crippen MR) is 120 cm³/mol. The van der Waals surface area contributed by atoms with Gasteiger partial charge in [0.25, 0.3) is 0 Å². The van der Waals surface area contributed by atoms with Crippen LogP contribution in [0.5, 0.6) is 0 Å². The molecule has 1 aliphatic heterocycles. The zero-order chi connectivity index (χ0) is 20.4. The fourth-order valence-corrected chi connectivity index (χ4v) is 4.11. The highest BCUT2D eigenvalue weighted by atomic mass is 35.5. The van der Waals surface area contributed by atoms with Gasteiger partial charge in [0.05, 0.1) is 18.0 Å². The van der Waals surface area contributed by atoms with Crippen molar-refractivity contribution in [1.29, 1.82) is 5.26 Å². The minimum Gasteiger partial charge on any atom is -0.280 e. The number of hydrogen-bond donors (Lipinski definition) is 0. The monoisotopic (exact) mass is 398 g/mol. The van der Waals surface area contributed by atoms with E-state index in [1.54, 1.807) is 0 Å². The number of nitriles is 1. The number of rotatable bonds is 4. The molecular weight excluding hydrogens is 376 g/mol. The molecule has 3 aromatic rings. The van der Waals surface area contributed by atoms with Crippen molar-refractivity contribution in [3.63, 3.8) is 0 Å². The topological polar surface area (TPSA) is 36.1 Å². The van der Waals surface area contributed by atoms with Gasteiger partial charge in [-0.15, -0.1) is 0 Å². The van der Waals surface area contributed by atoms with E-state index in [4.69, 9.17) is 16.6 Å². The fraction of sp³-hybridized carbons (Fsp3) is 0.231. The van der Waals surface area contributed by atoms with Crippen molar-refractivity contribution in [2.24, 2.45) is 10.9 Å². The maximum Gasteiger partial charge on any atom is 0.0914 e. The van der Waals surface area contributed by atoms with Crippen LogP contribution in [0.3, 0.4) is 0 Å². The van der Waals surface area contributed by atoms with Crippen molar-refractivity contribution in [3.8, 4) is 17.2 Å². The highest BCUT2D eigenvalue weighted by Gasteiger charge is 2.31. The van der Waals surface area contributed by atoms with Crippen LogP contribution in [0.4, 0.5) is 0 Å². The Hall–Kier alpha value is -2.89. The van der Waals surface area contributed by atoms with E-state index >= 15 is 0 Å². The fourth-order valence-electron chi connectivity index (χ4n) is 3.86. The smallest absolute Gasteiger partial charge is 0.0914 e. The molecule has 3 heteroatoms. The molecule has 0 saturated carbocycles. The first-order chi connectivity index (χ1) is 14.1. The lowest BCUT2D eigenvalue weighted by atomic mass is 9.91.